The summed E-state index contributed by atoms with van der Waals surface area (Å²) in [4.78, 5) is 28.8. The third kappa shape index (κ3) is 7.97. The highest BCUT2D eigenvalue weighted by atomic mass is 32.2. The normalized spacial score (nSPS) is 11.8. The summed E-state index contributed by atoms with van der Waals surface area (Å²) in [5.74, 6) is -0.0960. The summed E-state index contributed by atoms with van der Waals surface area (Å²) in [6.45, 7) is 1.81. The Morgan fingerprint density at radius 2 is 1.46 bits per heavy atom. The molecule has 0 radical (unpaired) electrons. The van der Waals surface area contributed by atoms with Crippen LogP contribution in [0.15, 0.2) is 78.9 Å². The number of methoxy groups -OCH3 is 2. The van der Waals surface area contributed by atoms with Gasteiger partial charge in [0.2, 0.25) is 21.8 Å². The zero-order valence-corrected chi connectivity index (χ0v) is 23.5. The molecule has 3 rings (SSSR count). The molecule has 0 fully saturated rings. The summed E-state index contributed by atoms with van der Waals surface area (Å²) >= 11 is 0. The number of hydrogen-bond acceptors (Lipinski definition) is 6. The van der Waals surface area contributed by atoms with E-state index >= 15 is 0 Å². The summed E-state index contributed by atoms with van der Waals surface area (Å²) in [5, 5.41) is 2.83. The van der Waals surface area contributed by atoms with Crippen LogP contribution in [0, 0.1) is 0 Å². The van der Waals surface area contributed by atoms with E-state index in [1.54, 1.807) is 12.1 Å². The molecule has 1 atom stereocenters. The standard InChI is InChI=1S/C29H35N3O6S/c1-5-30-29(34)25(18-22-12-8-6-9-13-22)31(20-23-14-10-7-11-15-23)28(33)21-32(39(4,35)36)24-16-17-26(37-2)27(19-24)38-3/h6-17,19,25H,5,18,20-21H2,1-4H3,(H,30,34)/t25-/m1/s1. The monoisotopic (exact) mass is 553 g/mol. The van der Waals surface area contributed by atoms with Crippen LogP contribution in [0.25, 0.3) is 0 Å². The fourth-order valence-electron chi connectivity index (χ4n) is 4.22. The molecule has 0 aliphatic rings. The van der Waals surface area contributed by atoms with Crippen LogP contribution in [0.5, 0.6) is 11.5 Å². The topological polar surface area (TPSA) is 105 Å². The van der Waals surface area contributed by atoms with Crippen LogP contribution in [0.4, 0.5) is 5.69 Å². The second kappa shape index (κ2) is 13.7. The first-order chi connectivity index (χ1) is 18.7. The number of amides is 2. The highest BCUT2D eigenvalue weighted by Crippen LogP contribution is 2.32. The van der Waals surface area contributed by atoms with Gasteiger partial charge in [-0.3, -0.25) is 13.9 Å². The summed E-state index contributed by atoms with van der Waals surface area (Å²) in [7, 11) is -0.969. The number of rotatable bonds is 13. The Labute approximate surface area is 230 Å². The summed E-state index contributed by atoms with van der Waals surface area (Å²) in [6.07, 6.45) is 1.30. The average molecular weight is 554 g/mol. The minimum absolute atomic E-state index is 0.123. The van der Waals surface area contributed by atoms with Gasteiger partial charge in [-0.25, -0.2) is 8.42 Å². The molecule has 39 heavy (non-hydrogen) atoms. The van der Waals surface area contributed by atoms with Gasteiger partial charge in [-0.2, -0.15) is 0 Å². The van der Waals surface area contributed by atoms with Crippen molar-refractivity contribution in [2.45, 2.75) is 25.9 Å². The van der Waals surface area contributed by atoms with Crippen LogP contribution in [0.1, 0.15) is 18.1 Å². The highest BCUT2D eigenvalue weighted by molar-refractivity contribution is 7.92. The number of benzene rings is 3. The number of carbonyl (C=O) groups excluding carboxylic acids is 2. The summed E-state index contributed by atoms with van der Waals surface area (Å²) in [6, 6.07) is 22.4. The Bertz CT molecular complexity index is 1350. The van der Waals surface area contributed by atoms with E-state index in [2.05, 4.69) is 5.32 Å². The quantitative estimate of drug-likeness (QED) is 0.349. The lowest BCUT2D eigenvalue weighted by Gasteiger charge is -2.33. The van der Waals surface area contributed by atoms with E-state index in [9.17, 15) is 18.0 Å². The predicted octanol–water partition coefficient (Wildman–Crippen LogP) is 3.25. The van der Waals surface area contributed by atoms with Crippen molar-refractivity contribution in [2.24, 2.45) is 0 Å². The number of anilines is 1. The second-order valence-electron chi connectivity index (χ2n) is 8.92. The van der Waals surface area contributed by atoms with Gasteiger partial charge in [0.1, 0.15) is 12.6 Å². The number of sulfonamides is 1. The van der Waals surface area contributed by atoms with Gasteiger partial charge in [0.05, 0.1) is 26.2 Å². The van der Waals surface area contributed by atoms with Crippen molar-refractivity contribution in [1.82, 2.24) is 10.2 Å². The minimum Gasteiger partial charge on any atom is -0.493 e. The molecule has 0 spiro atoms. The van der Waals surface area contributed by atoms with E-state index in [1.807, 2.05) is 67.6 Å². The van der Waals surface area contributed by atoms with E-state index in [4.69, 9.17) is 9.47 Å². The first-order valence-electron chi connectivity index (χ1n) is 12.5. The molecule has 0 heterocycles. The van der Waals surface area contributed by atoms with E-state index in [1.165, 1.54) is 25.2 Å². The molecule has 208 valence electrons. The molecule has 9 nitrogen and oxygen atoms in total. The molecule has 0 aromatic heterocycles. The lowest BCUT2D eigenvalue weighted by atomic mass is 10.0. The van der Waals surface area contributed by atoms with Gasteiger partial charge in [0.25, 0.3) is 0 Å². The number of hydrogen-bond donors (Lipinski definition) is 1. The lowest BCUT2D eigenvalue weighted by molar-refractivity contribution is -0.140. The van der Waals surface area contributed by atoms with Crippen molar-refractivity contribution >= 4 is 27.5 Å². The van der Waals surface area contributed by atoms with Crippen LogP contribution in [-0.4, -0.2) is 64.7 Å². The van der Waals surface area contributed by atoms with Crippen LogP contribution >= 0.6 is 0 Å². The highest BCUT2D eigenvalue weighted by Gasteiger charge is 2.33. The molecule has 0 unspecified atom stereocenters. The third-order valence-electron chi connectivity index (χ3n) is 6.15. The molecule has 0 saturated carbocycles. The Morgan fingerprint density at radius 3 is 2.00 bits per heavy atom. The van der Waals surface area contributed by atoms with Crippen molar-refractivity contribution < 1.29 is 27.5 Å². The minimum atomic E-state index is -3.89. The number of nitrogens with one attached hydrogen (secondary N) is 1. The number of ether oxygens (including phenoxy) is 2. The molecule has 0 bridgehead atoms. The summed E-state index contributed by atoms with van der Waals surface area (Å²) < 4.78 is 37.4. The Hall–Kier alpha value is -4.05. The number of carbonyl (C=O) groups is 2. The average Bonchev–Trinajstić information content (AvgIpc) is 2.93. The first-order valence-corrected chi connectivity index (χ1v) is 14.4. The van der Waals surface area contributed by atoms with Gasteiger partial charge in [0.15, 0.2) is 11.5 Å². The Balaban J connectivity index is 2.04. The molecular weight excluding hydrogens is 518 g/mol. The maximum Gasteiger partial charge on any atom is 0.244 e. The zero-order valence-electron chi connectivity index (χ0n) is 22.7. The van der Waals surface area contributed by atoms with Crippen LogP contribution in [0.3, 0.4) is 0 Å². The molecular formula is C29H35N3O6S. The van der Waals surface area contributed by atoms with E-state index in [0.29, 0.717) is 18.0 Å². The maximum absolute atomic E-state index is 14.0. The zero-order chi connectivity index (χ0) is 28.4. The first kappa shape index (κ1) is 29.5. The molecule has 0 saturated heterocycles. The smallest absolute Gasteiger partial charge is 0.244 e. The molecule has 2 amide bonds. The van der Waals surface area contributed by atoms with Crippen molar-refractivity contribution in [3.8, 4) is 11.5 Å². The van der Waals surface area contributed by atoms with E-state index in [0.717, 1.165) is 21.7 Å². The van der Waals surface area contributed by atoms with E-state index in [-0.39, 0.29) is 24.6 Å². The maximum atomic E-state index is 14.0. The predicted molar refractivity (Wildman–Crippen MR) is 151 cm³/mol. The third-order valence-corrected chi connectivity index (χ3v) is 7.29. The Kier molecular flexibility index (Phi) is 10.3. The van der Waals surface area contributed by atoms with Gasteiger partial charge in [0, 0.05) is 25.6 Å². The molecule has 0 aliphatic carbocycles. The molecule has 3 aromatic carbocycles. The van der Waals surface area contributed by atoms with Gasteiger partial charge < -0.3 is 19.7 Å². The van der Waals surface area contributed by atoms with Crippen LogP contribution in [-0.2, 0) is 32.6 Å². The van der Waals surface area contributed by atoms with Crippen LogP contribution < -0.4 is 19.1 Å². The van der Waals surface area contributed by atoms with Crippen molar-refractivity contribution in [3.05, 3.63) is 90.0 Å². The van der Waals surface area contributed by atoms with Gasteiger partial charge in [-0.1, -0.05) is 60.7 Å². The van der Waals surface area contributed by atoms with Crippen LogP contribution in [0.2, 0.25) is 0 Å². The SMILES string of the molecule is CCNC(=O)[C@@H](Cc1ccccc1)N(Cc1ccccc1)C(=O)CN(c1ccc(OC)c(OC)c1)S(C)(=O)=O. The van der Waals surface area contributed by atoms with Crippen molar-refractivity contribution in [2.75, 3.05) is 37.9 Å². The van der Waals surface area contributed by atoms with Crippen molar-refractivity contribution in [3.63, 3.8) is 0 Å². The molecule has 3 aromatic rings. The van der Waals surface area contributed by atoms with Gasteiger partial charge in [-0.15, -0.1) is 0 Å². The molecule has 0 aliphatic heterocycles. The van der Waals surface area contributed by atoms with E-state index < -0.39 is 28.5 Å². The number of nitrogens with zero attached hydrogens (tertiary/aromatic N) is 2. The van der Waals surface area contributed by atoms with Crippen molar-refractivity contribution in [1.29, 1.82) is 0 Å². The van der Waals surface area contributed by atoms with Gasteiger partial charge in [-0.05, 0) is 30.2 Å². The second-order valence-corrected chi connectivity index (χ2v) is 10.8. The fraction of sp³-hybridized carbons (Fsp3) is 0.310. The summed E-state index contributed by atoms with van der Waals surface area (Å²) in [5.41, 5.74) is 1.92. The van der Waals surface area contributed by atoms with Gasteiger partial charge >= 0.3 is 0 Å². The Morgan fingerprint density at radius 1 is 0.872 bits per heavy atom. The lowest BCUT2D eigenvalue weighted by Crippen LogP contribution is -2.53. The fourth-order valence-corrected chi connectivity index (χ4v) is 5.06. The molecule has 10 heteroatoms. The molecule has 1 N–H and O–H groups in total. The largest absolute Gasteiger partial charge is 0.493 e. The number of likely N-dealkylation sites (N-methyl/N-ethyl adjacent to an activating group) is 1.